The van der Waals surface area contributed by atoms with Gasteiger partial charge in [0.05, 0.1) is 17.8 Å². The van der Waals surface area contributed by atoms with Gasteiger partial charge in [-0.15, -0.1) is 0 Å². The molecule has 0 saturated carbocycles. The highest BCUT2D eigenvalue weighted by Crippen LogP contribution is 2.31. The molecule has 1 aliphatic heterocycles. The van der Waals surface area contributed by atoms with Crippen molar-refractivity contribution in [2.24, 2.45) is 5.73 Å². The summed E-state index contributed by atoms with van der Waals surface area (Å²) in [6, 6.07) is 11.0. The zero-order valence-electron chi connectivity index (χ0n) is 18.0. The lowest BCUT2D eigenvalue weighted by molar-refractivity contribution is -0.121. The van der Waals surface area contributed by atoms with Crippen LogP contribution in [-0.4, -0.2) is 21.4 Å². The van der Waals surface area contributed by atoms with Crippen LogP contribution in [0.25, 0.3) is 5.70 Å². The Morgan fingerprint density at radius 3 is 2.64 bits per heavy atom. The van der Waals surface area contributed by atoms with E-state index in [2.05, 4.69) is 4.98 Å². The lowest BCUT2D eigenvalue weighted by Crippen LogP contribution is -2.27. The van der Waals surface area contributed by atoms with Crippen LogP contribution in [0.15, 0.2) is 88.7 Å². The number of halogens is 1. The average Bonchev–Trinajstić information content (AvgIpc) is 3.07. The fraction of sp³-hybridized carbons (Fsp3) is 0.174. The summed E-state index contributed by atoms with van der Waals surface area (Å²) in [6.07, 6.45) is 3.93. The maximum Gasteiger partial charge on any atom is 0.353 e. The highest BCUT2D eigenvalue weighted by molar-refractivity contribution is 7.94. The Labute approximate surface area is 194 Å². The lowest BCUT2D eigenvalue weighted by Gasteiger charge is -2.16. The first-order valence-electron chi connectivity index (χ1n) is 9.92. The molecule has 0 aliphatic carbocycles. The number of nitrogens with two attached hydrogens (primary N) is 2. The number of anilines is 1. The van der Waals surface area contributed by atoms with Crippen molar-refractivity contribution in [3.05, 3.63) is 99.9 Å². The van der Waals surface area contributed by atoms with E-state index in [0.29, 0.717) is 5.75 Å². The van der Waals surface area contributed by atoms with E-state index in [1.165, 1.54) is 35.9 Å². The first-order chi connectivity index (χ1) is 15.8. The summed E-state index contributed by atoms with van der Waals surface area (Å²) in [6.45, 7) is 3.10. The summed E-state index contributed by atoms with van der Waals surface area (Å²) in [7, 11) is 0. The number of carbonyl (C=O) groups excluding carboxylic acids is 1. The molecule has 1 unspecified atom stereocenters. The van der Waals surface area contributed by atoms with Crippen LogP contribution >= 0.6 is 12.0 Å². The molecule has 0 spiro atoms. The predicted molar refractivity (Wildman–Crippen MR) is 126 cm³/mol. The number of rotatable bonds is 8. The average molecular weight is 471 g/mol. The van der Waals surface area contributed by atoms with Crippen molar-refractivity contribution in [2.45, 2.75) is 25.7 Å². The van der Waals surface area contributed by atoms with E-state index in [4.69, 9.17) is 20.4 Å². The molecule has 1 aliphatic rings. The van der Waals surface area contributed by atoms with Gasteiger partial charge >= 0.3 is 5.69 Å². The van der Waals surface area contributed by atoms with Crippen LogP contribution in [-0.2, 0) is 19.5 Å². The monoisotopic (exact) mass is 470 g/mol. The molecule has 0 radical (unpaired) electrons. The molecular formula is C23H23FN4O4S. The summed E-state index contributed by atoms with van der Waals surface area (Å²) >= 11 is 1.03. The van der Waals surface area contributed by atoms with E-state index >= 15 is 0 Å². The van der Waals surface area contributed by atoms with E-state index in [0.717, 1.165) is 23.7 Å². The molecule has 0 amide bonds. The number of carbonyl (C=O) groups is 1. The Kier molecular flexibility index (Phi) is 7.73. The van der Waals surface area contributed by atoms with E-state index in [9.17, 15) is 14.0 Å². The third kappa shape index (κ3) is 5.72. The van der Waals surface area contributed by atoms with Crippen molar-refractivity contribution < 1.29 is 18.1 Å². The van der Waals surface area contributed by atoms with Gasteiger partial charge in [0.15, 0.2) is 6.10 Å². The van der Waals surface area contributed by atoms with Gasteiger partial charge in [0.25, 0.3) is 0 Å². The van der Waals surface area contributed by atoms with E-state index < -0.39 is 23.4 Å². The van der Waals surface area contributed by atoms with Crippen LogP contribution in [0.1, 0.15) is 19.4 Å². The second-order valence-electron chi connectivity index (χ2n) is 6.94. The van der Waals surface area contributed by atoms with Crippen LogP contribution in [0.3, 0.4) is 0 Å². The van der Waals surface area contributed by atoms with E-state index in [1.807, 2.05) is 30.3 Å². The number of ketones is 1. The minimum atomic E-state index is -1.23. The SMILES string of the molecule is C\C=C(F)/C=C\C(=C(/C)n1ccc(N)nc1=O)C1OC(N)=C(OSCc2ccccc2)C1=O. The van der Waals surface area contributed by atoms with Gasteiger partial charge in [-0.2, -0.15) is 4.98 Å². The zero-order valence-corrected chi connectivity index (χ0v) is 18.8. The number of aromatic nitrogens is 2. The number of ether oxygens (including phenoxy) is 1. The van der Waals surface area contributed by atoms with Crippen LogP contribution < -0.4 is 17.2 Å². The van der Waals surface area contributed by atoms with Crippen molar-refractivity contribution in [1.82, 2.24) is 9.55 Å². The normalized spacial score (nSPS) is 17.4. The van der Waals surface area contributed by atoms with Gasteiger partial charge in [0, 0.05) is 17.5 Å². The lowest BCUT2D eigenvalue weighted by atomic mass is 10.0. The summed E-state index contributed by atoms with van der Waals surface area (Å²) in [5, 5.41) is 0. The van der Waals surface area contributed by atoms with Crippen LogP contribution in [0.2, 0.25) is 0 Å². The molecule has 2 heterocycles. The minimum absolute atomic E-state index is 0.0475. The van der Waals surface area contributed by atoms with Crippen LogP contribution in [0.5, 0.6) is 0 Å². The molecule has 172 valence electrons. The highest BCUT2D eigenvalue weighted by atomic mass is 32.2. The maximum absolute atomic E-state index is 13.8. The summed E-state index contributed by atoms with van der Waals surface area (Å²) in [5.74, 6) is -0.900. The molecule has 4 N–H and O–H groups in total. The molecule has 10 heteroatoms. The van der Waals surface area contributed by atoms with Gasteiger partial charge in [-0.05, 0) is 31.6 Å². The molecule has 0 bridgehead atoms. The van der Waals surface area contributed by atoms with Crippen molar-refractivity contribution in [1.29, 1.82) is 0 Å². The Hall–Kier alpha value is -3.79. The van der Waals surface area contributed by atoms with E-state index in [-0.39, 0.29) is 28.7 Å². The molecule has 0 saturated heterocycles. The maximum atomic E-state index is 13.8. The number of benzene rings is 1. The predicted octanol–water partition coefficient (Wildman–Crippen LogP) is 3.45. The topological polar surface area (TPSA) is 122 Å². The molecule has 1 aromatic heterocycles. The highest BCUT2D eigenvalue weighted by Gasteiger charge is 2.39. The van der Waals surface area contributed by atoms with E-state index in [1.54, 1.807) is 6.92 Å². The molecule has 2 aromatic rings. The third-order valence-corrected chi connectivity index (χ3v) is 5.46. The van der Waals surface area contributed by atoms with Gasteiger partial charge in [-0.25, -0.2) is 9.18 Å². The number of nitrogens with zero attached hydrogens (tertiary/aromatic N) is 2. The van der Waals surface area contributed by atoms with Crippen molar-refractivity contribution in [3.63, 3.8) is 0 Å². The van der Waals surface area contributed by atoms with Gasteiger partial charge in [0.2, 0.25) is 17.4 Å². The quantitative estimate of drug-likeness (QED) is 0.444. The van der Waals surface area contributed by atoms with Gasteiger partial charge in [0.1, 0.15) is 11.6 Å². The second kappa shape index (κ2) is 10.7. The van der Waals surface area contributed by atoms with Crippen LogP contribution in [0, 0.1) is 0 Å². The summed E-state index contributed by atoms with van der Waals surface area (Å²) < 4.78 is 26.1. The molecule has 33 heavy (non-hydrogen) atoms. The largest absolute Gasteiger partial charge is 0.460 e. The number of hydrogen-bond donors (Lipinski definition) is 2. The number of Topliss-reactive ketones (excluding diaryl/α,β-unsaturated/α-hetero) is 1. The van der Waals surface area contributed by atoms with Crippen molar-refractivity contribution in [2.75, 3.05) is 5.73 Å². The Balaban J connectivity index is 1.89. The number of allylic oxidation sites excluding steroid dienone is 4. The number of hydrogen-bond acceptors (Lipinski definition) is 8. The van der Waals surface area contributed by atoms with Gasteiger partial charge < -0.3 is 20.4 Å². The fourth-order valence-electron chi connectivity index (χ4n) is 2.97. The van der Waals surface area contributed by atoms with Crippen molar-refractivity contribution >= 4 is 29.3 Å². The minimum Gasteiger partial charge on any atom is -0.460 e. The summed E-state index contributed by atoms with van der Waals surface area (Å²) in [4.78, 5) is 29.1. The molecule has 0 fully saturated rings. The Morgan fingerprint density at radius 1 is 1.24 bits per heavy atom. The Morgan fingerprint density at radius 2 is 1.97 bits per heavy atom. The molecule has 3 rings (SSSR count). The molecule has 8 nitrogen and oxygen atoms in total. The van der Waals surface area contributed by atoms with Crippen molar-refractivity contribution in [3.8, 4) is 0 Å². The zero-order chi connectivity index (χ0) is 24.0. The number of nitrogen functional groups attached to an aromatic ring is 1. The standard InChI is InChI=1S/C23H23FN4O4S/c1-3-16(24)9-10-17(14(2)28-12-11-18(25)27-23(28)30)20-19(29)21(22(26)31-20)32-33-13-15-7-5-4-6-8-15/h3-12,20H,13,26H2,1-2H3,(H2,25,27,30)/b10-9-,16-3+,17-14-. The molecular weight excluding hydrogens is 447 g/mol. The third-order valence-electron chi connectivity index (χ3n) is 4.73. The second-order valence-corrected chi connectivity index (χ2v) is 7.63. The van der Waals surface area contributed by atoms with Gasteiger partial charge in [-0.1, -0.05) is 42.5 Å². The first kappa shape index (κ1) is 23.9. The van der Waals surface area contributed by atoms with Gasteiger partial charge in [-0.3, -0.25) is 9.36 Å². The fourth-order valence-corrected chi connectivity index (χ4v) is 3.64. The summed E-state index contributed by atoms with van der Waals surface area (Å²) in [5.41, 5.74) is 12.3. The first-order valence-corrected chi connectivity index (χ1v) is 10.8. The smallest absolute Gasteiger partial charge is 0.353 e. The molecule has 1 aromatic carbocycles. The Bertz CT molecular complexity index is 1220. The van der Waals surface area contributed by atoms with Crippen LogP contribution in [0.4, 0.5) is 10.2 Å². The molecule has 1 atom stereocenters.